The SMILES string of the molecule is CC(C)C(N)CNC(=O)c1ccc(F)cc1Cl. The molecule has 0 saturated carbocycles. The molecule has 0 bridgehead atoms. The van der Waals surface area contributed by atoms with Crippen molar-refractivity contribution < 1.29 is 9.18 Å². The molecular formula is C12H16ClFN2O. The third kappa shape index (κ3) is 3.98. The van der Waals surface area contributed by atoms with Gasteiger partial charge in [-0.1, -0.05) is 25.4 Å². The molecule has 0 fully saturated rings. The lowest BCUT2D eigenvalue weighted by atomic mass is 10.1. The lowest BCUT2D eigenvalue weighted by molar-refractivity contribution is 0.0949. The van der Waals surface area contributed by atoms with Crippen LogP contribution in [0.3, 0.4) is 0 Å². The monoisotopic (exact) mass is 258 g/mol. The number of hydrogen-bond donors (Lipinski definition) is 2. The molecule has 0 aliphatic carbocycles. The quantitative estimate of drug-likeness (QED) is 0.870. The van der Waals surface area contributed by atoms with Crippen molar-refractivity contribution in [2.45, 2.75) is 19.9 Å². The number of nitrogens with two attached hydrogens (primary N) is 1. The second-order valence-electron chi connectivity index (χ2n) is 4.24. The Labute approximate surface area is 105 Å². The summed E-state index contributed by atoms with van der Waals surface area (Å²) in [6.07, 6.45) is 0. The second kappa shape index (κ2) is 5.98. The number of benzene rings is 1. The largest absolute Gasteiger partial charge is 0.350 e. The molecule has 1 atom stereocenters. The summed E-state index contributed by atoms with van der Waals surface area (Å²) in [4.78, 5) is 11.7. The van der Waals surface area contributed by atoms with E-state index >= 15 is 0 Å². The fraction of sp³-hybridized carbons (Fsp3) is 0.417. The Kier molecular flexibility index (Phi) is 4.90. The summed E-state index contributed by atoms with van der Waals surface area (Å²) in [6.45, 7) is 4.31. The third-order valence-corrected chi connectivity index (χ3v) is 2.84. The van der Waals surface area contributed by atoms with Crippen LogP contribution in [-0.4, -0.2) is 18.5 Å². The van der Waals surface area contributed by atoms with Gasteiger partial charge in [0.25, 0.3) is 5.91 Å². The summed E-state index contributed by atoms with van der Waals surface area (Å²) in [6, 6.07) is 3.55. The number of amides is 1. The minimum Gasteiger partial charge on any atom is -0.350 e. The van der Waals surface area contributed by atoms with E-state index in [2.05, 4.69) is 5.32 Å². The van der Waals surface area contributed by atoms with Gasteiger partial charge in [0.05, 0.1) is 10.6 Å². The van der Waals surface area contributed by atoms with E-state index in [1.54, 1.807) is 0 Å². The minimum atomic E-state index is -0.467. The van der Waals surface area contributed by atoms with Gasteiger partial charge in [-0.2, -0.15) is 0 Å². The predicted octanol–water partition coefficient (Wildman–Crippen LogP) is 2.19. The van der Waals surface area contributed by atoms with Crippen molar-refractivity contribution in [1.29, 1.82) is 0 Å². The Morgan fingerprint density at radius 1 is 1.53 bits per heavy atom. The van der Waals surface area contributed by atoms with Crippen LogP contribution in [0.15, 0.2) is 18.2 Å². The van der Waals surface area contributed by atoms with Crippen LogP contribution in [0, 0.1) is 11.7 Å². The first-order valence-corrected chi connectivity index (χ1v) is 5.78. The summed E-state index contributed by atoms with van der Waals surface area (Å²) in [5, 5.41) is 2.77. The van der Waals surface area contributed by atoms with Gasteiger partial charge in [-0.15, -0.1) is 0 Å². The molecule has 5 heteroatoms. The molecule has 3 N–H and O–H groups in total. The Bertz CT molecular complexity index is 409. The predicted molar refractivity (Wildman–Crippen MR) is 66.6 cm³/mol. The average Bonchev–Trinajstić information content (AvgIpc) is 2.25. The van der Waals surface area contributed by atoms with Crippen LogP contribution < -0.4 is 11.1 Å². The highest BCUT2D eigenvalue weighted by Crippen LogP contribution is 2.16. The fourth-order valence-corrected chi connectivity index (χ4v) is 1.47. The molecule has 0 aromatic heterocycles. The van der Waals surface area contributed by atoms with Crippen LogP contribution in [0.1, 0.15) is 24.2 Å². The van der Waals surface area contributed by atoms with Gasteiger partial charge >= 0.3 is 0 Å². The van der Waals surface area contributed by atoms with Gasteiger partial charge in [0.1, 0.15) is 5.82 Å². The highest BCUT2D eigenvalue weighted by Gasteiger charge is 2.13. The highest BCUT2D eigenvalue weighted by atomic mass is 35.5. The number of nitrogens with one attached hydrogen (secondary N) is 1. The van der Waals surface area contributed by atoms with Gasteiger partial charge in [0.15, 0.2) is 0 Å². The fourth-order valence-electron chi connectivity index (χ4n) is 1.22. The molecular weight excluding hydrogens is 243 g/mol. The van der Waals surface area contributed by atoms with Crippen LogP contribution in [-0.2, 0) is 0 Å². The summed E-state index contributed by atoms with van der Waals surface area (Å²) >= 11 is 5.77. The zero-order valence-electron chi connectivity index (χ0n) is 9.84. The number of carbonyl (C=O) groups excluding carboxylic acids is 1. The van der Waals surface area contributed by atoms with Gasteiger partial charge in [-0.3, -0.25) is 4.79 Å². The van der Waals surface area contributed by atoms with Crippen molar-refractivity contribution in [3.05, 3.63) is 34.6 Å². The topological polar surface area (TPSA) is 55.1 Å². The number of hydrogen-bond acceptors (Lipinski definition) is 2. The number of rotatable bonds is 4. The van der Waals surface area contributed by atoms with E-state index in [1.807, 2.05) is 13.8 Å². The first-order valence-electron chi connectivity index (χ1n) is 5.40. The zero-order valence-corrected chi connectivity index (χ0v) is 10.6. The number of halogens is 2. The van der Waals surface area contributed by atoms with E-state index in [0.29, 0.717) is 6.54 Å². The van der Waals surface area contributed by atoms with Crippen molar-refractivity contribution in [1.82, 2.24) is 5.32 Å². The molecule has 0 spiro atoms. The van der Waals surface area contributed by atoms with E-state index in [1.165, 1.54) is 12.1 Å². The maximum Gasteiger partial charge on any atom is 0.252 e. The zero-order chi connectivity index (χ0) is 13.0. The van der Waals surface area contributed by atoms with E-state index in [4.69, 9.17) is 17.3 Å². The lowest BCUT2D eigenvalue weighted by Crippen LogP contribution is -2.40. The highest BCUT2D eigenvalue weighted by molar-refractivity contribution is 6.33. The molecule has 3 nitrogen and oxygen atoms in total. The molecule has 17 heavy (non-hydrogen) atoms. The van der Waals surface area contributed by atoms with E-state index < -0.39 is 5.82 Å². The molecule has 1 unspecified atom stereocenters. The van der Waals surface area contributed by atoms with Crippen molar-refractivity contribution >= 4 is 17.5 Å². The molecule has 0 saturated heterocycles. The molecule has 1 rings (SSSR count). The standard InChI is InChI=1S/C12H16ClFN2O/c1-7(2)11(15)6-16-12(17)9-4-3-8(14)5-10(9)13/h3-5,7,11H,6,15H2,1-2H3,(H,16,17). The Morgan fingerprint density at radius 3 is 2.71 bits per heavy atom. The summed E-state index contributed by atoms with van der Waals surface area (Å²) < 4.78 is 12.8. The van der Waals surface area contributed by atoms with Gasteiger partial charge in [-0.25, -0.2) is 4.39 Å². The maximum atomic E-state index is 12.8. The molecule has 0 radical (unpaired) electrons. The van der Waals surface area contributed by atoms with Crippen LogP contribution in [0.25, 0.3) is 0 Å². The van der Waals surface area contributed by atoms with Crippen LogP contribution in [0.4, 0.5) is 4.39 Å². The molecule has 1 aromatic carbocycles. The Hall–Kier alpha value is -1.13. The van der Waals surface area contributed by atoms with Crippen molar-refractivity contribution in [3.63, 3.8) is 0 Å². The van der Waals surface area contributed by atoms with Crippen molar-refractivity contribution in [2.24, 2.45) is 11.7 Å². The van der Waals surface area contributed by atoms with E-state index in [-0.39, 0.29) is 28.5 Å². The Balaban J connectivity index is 2.64. The summed E-state index contributed by atoms with van der Waals surface area (Å²) in [5.74, 6) is -0.532. The van der Waals surface area contributed by atoms with Gasteiger partial charge in [-0.05, 0) is 24.1 Å². The Morgan fingerprint density at radius 2 is 2.18 bits per heavy atom. The lowest BCUT2D eigenvalue weighted by Gasteiger charge is -2.16. The van der Waals surface area contributed by atoms with Crippen molar-refractivity contribution in [3.8, 4) is 0 Å². The smallest absolute Gasteiger partial charge is 0.252 e. The van der Waals surface area contributed by atoms with Gasteiger partial charge < -0.3 is 11.1 Å². The number of carbonyl (C=O) groups is 1. The van der Waals surface area contributed by atoms with E-state index in [9.17, 15) is 9.18 Å². The third-order valence-electron chi connectivity index (χ3n) is 2.53. The molecule has 0 heterocycles. The second-order valence-corrected chi connectivity index (χ2v) is 4.65. The minimum absolute atomic E-state index is 0.0978. The molecule has 0 aliphatic heterocycles. The molecule has 0 aliphatic rings. The van der Waals surface area contributed by atoms with Crippen molar-refractivity contribution in [2.75, 3.05) is 6.54 Å². The first kappa shape index (κ1) is 13.9. The van der Waals surface area contributed by atoms with Gasteiger partial charge in [0, 0.05) is 12.6 Å². The summed E-state index contributed by atoms with van der Waals surface area (Å²) in [7, 11) is 0. The molecule has 1 aromatic rings. The molecule has 94 valence electrons. The van der Waals surface area contributed by atoms with Crippen LogP contribution in [0.5, 0.6) is 0 Å². The average molecular weight is 259 g/mol. The van der Waals surface area contributed by atoms with Crippen LogP contribution in [0.2, 0.25) is 5.02 Å². The van der Waals surface area contributed by atoms with Crippen LogP contribution >= 0.6 is 11.6 Å². The normalized spacial score (nSPS) is 12.6. The summed E-state index contributed by atoms with van der Waals surface area (Å²) in [5.41, 5.74) is 6.05. The molecule has 1 amide bonds. The maximum absolute atomic E-state index is 12.8. The first-order chi connectivity index (χ1) is 7.91. The van der Waals surface area contributed by atoms with Gasteiger partial charge in [0.2, 0.25) is 0 Å². The van der Waals surface area contributed by atoms with E-state index in [0.717, 1.165) is 6.07 Å².